The van der Waals surface area contributed by atoms with E-state index >= 15 is 0 Å². The summed E-state index contributed by atoms with van der Waals surface area (Å²) in [7, 11) is -3.52. The van der Waals surface area contributed by atoms with E-state index < -0.39 is 15.8 Å². The van der Waals surface area contributed by atoms with Crippen molar-refractivity contribution in [2.24, 2.45) is 0 Å². The molecule has 1 aromatic heterocycles. The Morgan fingerprint density at radius 1 is 1.38 bits per heavy atom. The van der Waals surface area contributed by atoms with Crippen LogP contribution in [-0.2, 0) is 21.1 Å². The molecule has 1 unspecified atom stereocenters. The van der Waals surface area contributed by atoms with Crippen molar-refractivity contribution in [2.75, 3.05) is 6.26 Å². The molecule has 1 aromatic carbocycles. The van der Waals surface area contributed by atoms with E-state index in [4.69, 9.17) is 5.11 Å². The lowest BCUT2D eigenvalue weighted by molar-refractivity contribution is -0.137. The summed E-state index contributed by atoms with van der Waals surface area (Å²) < 4.78 is 25.8. The third-order valence-electron chi connectivity index (χ3n) is 3.87. The van der Waals surface area contributed by atoms with Gasteiger partial charge in [-0.15, -0.1) is 0 Å². The number of aromatic nitrogens is 1. The largest absolute Gasteiger partial charge is 0.508 e. The van der Waals surface area contributed by atoms with Crippen molar-refractivity contribution in [3.63, 3.8) is 0 Å². The van der Waals surface area contributed by atoms with Gasteiger partial charge in [-0.25, -0.2) is 8.42 Å². The number of fused-ring (bicyclic) bond motifs is 3. The third-order valence-corrected chi connectivity index (χ3v) is 4.98. The predicted octanol–water partition coefficient (Wildman–Crippen LogP) is 1.71. The number of aromatic hydroxyl groups is 1. The van der Waals surface area contributed by atoms with Crippen molar-refractivity contribution in [1.82, 2.24) is 4.57 Å². The quantitative estimate of drug-likeness (QED) is 0.899. The number of nitrogens with zero attached hydrogens (tertiary/aromatic N) is 1. The fourth-order valence-corrected chi connectivity index (χ4v) is 4.01. The molecule has 0 saturated carbocycles. The number of benzene rings is 1. The van der Waals surface area contributed by atoms with Gasteiger partial charge in [0.25, 0.3) is 0 Å². The van der Waals surface area contributed by atoms with Gasteiger partial charge in [-0.2, -0.15) is 0 Å². The molecule has 0 aliphatic carbocycles. The highest BCUT2D eigenvalue weighted by molar-refractivity contribution is 7.91. The first kappa shape index (κ1) is 13.9. The van der Waals surface area contributed by atoms with Crippen LogP contribution in [0.3, 0.4) is 0 Å². The molecule has 0 radical (unpaired) electrons. The molecule has 0 fully saturated rings. The van der Waals surface area contributed by atoms with Crippen LogP contribution in [-0.4, -0.2) is 35.4 Å². The zero-order chi connectivity index (χ0) is 15.4. The van der Waals surface area contributed by atoms with E-state index in [0.29, 0.717) is 23.7 Å². The fraction of sp³-hybridized carbons (Fsp3) is 0.357. The standard InChI is InChI=1S/C14H15NO5S/c1-21(19,20)12-7-11(16)5-8-4-9-2-3-10(6-13(17)18)15(9)14(8)12/h4-5,7,10,16H,2-3,6H2,1H3,(H,17,18). The molecule has 1 aliphatic rings. The van der Waals surface area contributed by atoms with Gasteiger partial charge < -0.3 is 14.8 Å². The molecule has 6 nitrogen and oxygen atoms in total. The van der Waals surface area contributed by atoms with Crippen LogP contribution in [0.1, 0.15) is 24.6 Å². The Morgan fingerprint density at radius 3 is 2.71 bits per heavy atom. The number of carboxylic acids is 1. The van der Waals surface area contributed by atoms with Gasteiger partial charge in [-0.3, -0.25) is 4.79 Å². The summed E-state index contributed by atoms with van der Waals surface area (Å²) >= 11 is 0. The summed E-state index contributed by atoms with van der Waals surface area (Å²) in [6.07, 6.45) is 2.43. The maximum atomic E-state index is 12.0. The van der Waals surface area contributed by atoms with E-state index in [2.05, 4.69) is 0 Å². The molecule has 0 amide bonds. The number of hydrogen-bond acceptors (Lipinski definition) is 4. The first-order chi connectivity index (χ1) is 9.77. The highest BCUT2D eigenvalue weighted by Crippen LogP contribution is 2.39. The molecule has 0 spiro atoms. The lowest BCUT2D eigenvalue weighted by Crippen LogP contribution is -2.11. The number of phenolic OH excluding ortho intramolecular Hbond substituents is 1. The first-order valence-corrected chi connectivity index (χ1v) is 8.45. The van der Waals surface area contributed by atoms with E-state index in [1.165, 1.54) is 12.1 Å². The highest BCUT2D eigenvalue weighted by Gasteiger charge is 2.29. The number of hydrogen-bond donors (Lipinski definition) is 2. The minimum atomic E-state index is -3.52. The van der Waals surface area contributed by atoms with E-state index in [-0.39, 0.29) is 23.1 Å². The van der Waals surface area contributed by atoms with Gasteiger partial charge in [-0.05, 0) is 25.0 Å². The molecule has 112 valence electrons. The number of carbonyl (C=O) groups is 1. The lowest BCUT2D eigenvalue weighted by atomic mass is 10.1. The SMILES string of the molecule is CS(=O)(=O)c1cc(O)cc2cc3n(c12)C(CC(=O)O)CC3. The Bertz CT molecular complexity index is 850. The van der Waals surface area contributed by atoms with Crippen LogP contribution in [0.5, 0.6) is 5.75 Å². The highest BCUT2D eigenvalue weighted by atomic mass is 32.2. The van der Waals surface area contributed by atoms with Gasteiger partial charge in [0, 0.05) is 29.4 Å². The van der Waals surface area contributed by atoms with Gasteiger partial charge in [0.1, 0.15) is 5.75 Å². The van der Waals surface area contributed by atoms with Gasteiger partial charge in [0.05, 0.1) is 16.8 Å². The molecule has 21 heavy (non-hydrogen) atoms. The molecule has 2 heterocycles. The van der Waals surface area contributed by atoms with Gasteiger partial charge >= 0.3 is 5.97 Å². The van der Waals surface area contributed by atoms with Crippen LogP contribution in [0.4, 0.5) is 0 Å². The molecule has 2 N–H and O–H groups in total. The van der Waals surface area contributed by atoms with Crippen LogP contribution in [0.25, 0.3) is 10.9 Å². The Hall–Kier alpha value is -2.02. The van der Waals surface area contributed by atoms with Crippen molar-refractivity contribution < 1.29 is 23.4 Å². The van der Waals surface area contributed by atoms with Crippen LogP contribution < -0.4 is 0 Å². The number of rotatable bonds is 3. The van der Waals surface area contributed by atoms with Crippen LogP contribution >= 0.6 is 0 Å². The molecule has 1 atom stereocenters. The number of aryl methyl sites for hydroxylation is 1. The maximum absolute atomic E-state index is 12.0. The summed E-state index contributed by atoms with van der Waals surface area (Å²) in [6.45, 7) is 0. The number of aliphatic carboxylic acids is 1. The van der Waals surface area contributed by atoms with Gasteiger partial charge in [-0.1, -0.05) is 0 Å². The van der Waals surface area contributed by atoms with Crippen molar-refractivity contribution in [2.45, 2.75) is 30.2 Å². The maximum Gasteiger partial charge on any atom is 0.305 e. The summed E-state index contributed by atoms with van der Waals surface area (Å²) in [5.41, 5.74) is 1.40. The number of phenols is 1. The Kier molecular flexibility index (Phi) is 2.98. The van der Waals surface area contributed by atoms with Gasteiger partial charge in [0.15, 0.2) is 9.84 Å². The summed E-state index contributed by atoms with van der Waals surface area (Å²) in [5, 5.41) is 19.3. The minimum absolute atomic E-state index is 0.0408. The molecule has 3 rings (SSSR count). The zero-order valence-electron chi connectivity index (χ0n) is 11.4. The number of carboxylic acid groups (broad SMARTS) is 1. The average molecular weight is 309 g/mol. The normalized spacial score (nSPS) is 18.0. The smallest absolute Gasteiger partial charge is 0.305 e. The second-order valence-electron chi connectivity index (χ2n) is 5.45. The molecule has 7 heteroatoms. The van der Waals surface area contributed by atoms with Crippen LogP contribution in [0, 0.1) is 0 Å². The lowest BCUT2D eigenvalue weighted by Gasteiger charge is -2.15. The number of sulfone groups is 1. The molecular formula is C14H15NO5S. The van der Waals surface area contributed by atoms with Crippen molar-refractivity contribution >= 4 is 26.7 Å². The zero-order valence-corrected chi connectivity index (χ0v) is 12.2. The Balaban J connectivity index is 2.32. The van der Waals surface area contributed by atoms with E-state index in [0.717, 1.165) is 11.9 Å². The topological polar surface area (TPSA) is 96.6 Å². The van der Waals surface area contributed by atoms with Crippen molar-refractivity contribution in [1.29, 1.82) is 0 Å². The fourth-order valence-electron chi connectivity index (χ4n) is 3.11. The summed E-state index contributed by atoms with van der Waals surface area (Å²) in [6, 6.07) is 4.31. The van der Waals surface area contributed by atoms with Crippen LogP contribution in [0.15, 0.2) is 23.1 Å². The third kappa shape index (κ3) is 2.27. The Morgan fingerprint density at radius 2 is 2.10 bits per heavy atom. The first-order valence-electron chi connectivity index (χ1n) is 6.56. The van der Waals surface area contributed by atoms with E-state index in [1.54, 1.807) is 4.57 Å². The molecule has 2 aromatic rings. The average Bonchev–Trinajstić information content (AvgIpc) is 2.86. The molecule has 0 saturated heterocycles. The van der Waals surface area contributed by atoms with E-state index in [9.17, 15) is 18.3 Å². The molecular weight excluding hydrogens is 294 g/mol. The van der Waals surface area contributed by atoms with E-state index in [1.807, 2.05) is 6.07 Å². The summed E-state index contributed by atoms with van der Waals surface area (Å²) in [4.78, 5) is 11.0. The second-order valence-corrected chi connectivity index (χ2v) is 7.43. The minimum Gasteiger partial charge on any atom is -0.508 e. The van der Waals surface area contributed by atoms with Crippen molar-refractivity contribution in [3.05, 3.63) is 23.9 Å². The molecule has 1 aliphatic heterocycles. The molecule has 0 bridgehead atoms. The van der Waals surface area contributed by atoms with Crippen molar-refractivity contribution in [3.8, 4) is 5.75 Å². The van der Waals surface area contributed by atoms with Gasteiger partial charge in [0.2, 0.25) is 0 Å². The Labute approximate surface area is 121 Å². The van der Waals surface area contributed by atoms with Crippen LogP contribution in [0.2, 0.25) is 0 Å². The summed E-state index contributed by atoms with van der Waals surface area (Å²) in [5.74, 6) is -1.02. The monoisotopic (exact) mass is 309 g/mol. The second kappa shape index (κ2) is 4.49. The predicted molar refractivity (Wildman–Crippen MR) is 76.3 cm³/mol.